The van der Waals surface area contributed by atoms with E-state index >= 15 is 0 Å². The van der Waals surface area contributed by atoms with Crippen LogP contribution in [0.25, 0.3) is 22.1 Å². The van der Waals surface area contributed by atoms with Gasteiger partial charge < -0.3 is 9.97 Å². The van der Waals surface area contributed by atoms with Crippen molar-refractivity contribution in [3.63, 3.8) is 0 Å². The highest BCUT2D eigenvalue weighted by atomic mass is 79.9. The van der Waals surface area contributed by atoms with E-state index in [1.807, 2.05) is 25.3 Å². The molecule has 0 saturated heterocycles. The molecule has 26 heavy (non-hydrogen) atoms. The second-order valence-electron chi connectivity index (χ2n) is 5.25. The molecule has 0 aliphatic carbocycles. The number of fused-ring (bicyclic) bond motifs is 2. The predicted molar refractivity (Wildman–Crippen MR) is 104 cm³/mol. The molecule has 0 aromatic carbocycles. The molecule has 0 radical (unpaired) electrons. The van der Waals surface area contributed by atoms with Crippen molar-refractivity contribution >= 4 is 61.2 Å². The van der Waals surface area contributed by atoms with Gasteiger partial charge in [-0.2, -0.15) is 10.5 Å². The number of aromatic amines is 2. The van der Waals surface area contributed by atoms with Crippen LogP contribution in [-0.4, -0.2) is 19.9 Å². The van der Waals surface area contributed by atoms with Gasteiger partial charge in [-0.1, -0.05) is 23.2 Å². The maximum absolute atomic E-state index is 8.72. The zero-order valence-electron chi connectivity index (χ0n) is 13.2. The first-order chi connectivity index (χ1) is 12.5. The normalized spacial score (nSPS) is 10.2. The zero-order valence-corrected chi connectivity index (χ0v) is 16.3. The number of aryl methyl sites for hydroxylation is 1. The number of rotatable bonds is 0. The Morgan fingerprint density at radius 2 is 1.42 bits per heavy atom. The molecule has 0 bridgehead atoms. The third kappa shape index (κ3) is 3.13. The average molecular weight is 448 g/mol. The number of hydrogen-bond donors (Lipinski definition) is 2. The molecule has 0 amide bonds. The molecule has 128 valence electrons. The minimum Gasteiger partial charge on any atom is -0.346 e. The maximum Gasteiger partial charge on any atom is 0.140 e. The number of hydrogen-bond acceptors (Lipinski definition) is 4. The van der Waals surface area contributed by atoms with Crippen LogP contribution in [0.3, 0.4) is 0 Å². The molecule has 0 atom stereocenters. The Morgan fingerprint density at radius 3 is 2.00 bits per heavy atom. The van der Waals surface area contributed by atoms with Crippen LogP contribution in [0.1, 0.15) is 16.7 Å². The van der Waals surface area contributed by atoms with Gasteiger partial charge in [-0.3, -0.25) is 0 Å². The standard InChI is InChI=1S/C9H6ClN3.C8H3BrClN3/c1-5-3-12-9-7(5)8(10)6(2-11)4-13-9;9-5-3-13-8-6(5)7(10)4(1-11)2-12-8/h3-4H,1H3,(H,12,13);2-3H,(H,12,13). The highest BCUT2D eigenvalue weighted by Gasteiger charge is 2.10. The van der Waals surface area contributed by atoms with Gasteiger partial charge in [0.15, 0.2) is 0 Å². The summed E-state index contributed by atoms with van der Waals surface area (Å²) in [4.78, 5) is 14.0. The minimum absolute atomic E-state index is 0.384. The molecule has 0 spiro atoms. The average Bonchev–Trinajstić information content (AvgIpc) is 3.20. The number of nitriles is 2. The van der Waals surface area contributed by atoms with E-state index in [9.17, 15) is 0 Å². The molecule has 0 unspecified atom stereocenters. The van der Waals surface area contributed by atoms with Gasteiger partial charge in [-0.05, 0) is 28.4 Å². The molecule has 6 nitrogen and oxygen atoms in total. The Labute approximate surface area is 166 Å². The van der Waals surface area contributed by atoms with E-state index in [0.717, 1.165) is 26.5 Å². The van der Waals surface area contributed by atoms with E-state index in [-0.39, 0.29) is 0 Å². The molecule has 0 fully saturated rings. The van der Waals surface area contributed by atoms with E-state index in [0.29, 0.717) is 26.8 Å². The Bertz CT molecular complexity index is 1120. The zero-order chi connectivity index (χ0) is 18.8. The van der Waals surface area contributed by atoms with Crippen LogP contribution in [0.4, 0.5) is 0 Å². The number of nitrogens with one attached hydrogen (secondary N) is 2. The fourth-order valence-electron chi connectivity index (χ4n) is 2.38. The summed E-state index contributed by atoms with van der Waals surface area (Å²) in [6.45, 7) is 1.92. The van der Waals surface area contributed by atoms with Crippen LogP contribution in [-0.2, 0) is 0 Å². The van der Waals surface area contributed by atoms with Crippen molar-refractivity contribution in [2.75, 3.05) is 0 Å². The van der Waals surface area contributed by atoms with Gasteiger partial charge in [0.05, 0.1) is 26.6 Å². The number of aromatic nitrogens is 4. The monoisotopic (exact) mass is 446 g/mol. The van der Waals surface area contributed by atoms with Gasteiger partial charge in [0.1, 0.15) is 23.4 Å². The fraction of sp³-hybridized carbons (Fsp3) is 0.0588. The highest BCUT2D eigenvalue weighted by Crippen LogP contribution is 2.31. The summed E-state index contributed by atoms with van der Waals surface area (Å²) in [6, 6.07) is 3.97. The molecule has 9 heteroatoms. The summed E-state index contributed by atoms with van der Waals surface area (Å²) in [7, 11) is 0. The lowest BCUT2D eigenvalue weighted by molar-refractivity contribution is 1.31. The second-order valence-corrected chi connectivity index (χ2v) is 6.86. The van der Waals surface area contributed by atoms with Crippen molar-refractivity contribution in [2.45, 2.75) is 6.92 Å². The lowest BCUT2D eigenvalue weighted by Gasteiger charge is -1.96. The number of pyridine rings is 2. The van der Waals surface area contributed by atoms with Crippen LogP contribution in [0.15, 0.2) is 29.3 Å². The summed E-state index contributed by atoms with van der Waals surface area (Å²) in [5, 5.41) is 19.9. The number of nitrogens with zero attached hydrogens (tertiary/aromatic N) is 4. The van der Waals surface area contributed by atoms with Gasteiger partial charge in [0, 0.05) is 34.6 Å². The van der Waals surface area contributed by atoms with Crippen molar-refractivity contribution in [3.05, 3.63) is 56.0 Å². The summed E-state index contributed by atoms with van der Waals surface area (Å²) in [6.07, 6.45) is 6.49. The summed E-state index contributed by atoms with van der Waals surface area (Å²) in [5.74, 6) is 0. The van der Waals surface area contributed by atoms with Crippen LogP contribution >= 0.6 is 39.1 Å². The van der Waals surface area contributed by atoms with E-state index < -0.39 is 0 Å². The van der Waals surface area contributed by atoms with Gasteiger partial charge >= 0.3 is 0 Å². The molecule has 0 aliphatic rings. The van der Waals surface area contributed by atoms with Crippen molar-refractivity contribution in [1.29, 1.82) is 10.5 Å². The molecular formula is C17H9BrCl2N6. The van der Waals surface area contributed by atoms with Crippen LogP contribution < -0.4 is 0 Å². The number of H-pyrrole nitrogens is 2. The third-order valence-corrected chi connectivity index (χ3v) is 5.08. The van der Waals surface area contributed by atoms with E-state index in [1.54, 1.807) is 6.20 Å². The maximum atomic E-state index is 8.72. The van der Waals surface area contributed by atoms with Gasteiger partial charge in [0.2, 0.25) is 0 Å². The molecule has 2 N–H and O–H groups in total. The fourth-order valence-corrected chi connectivity index (χ4v) is 3.61. The summed E-state index contributed by atoms with van der Waals surface area (Å²) >= 11 is 15.3. The first-order valence-corrected chi connectivity index (χ1v) is 8.76. The first-order valence-electron chi connectivity index (χ1n) is 7.21. The molecule has 4 aromatic rings. The van der Waals surface area contributed by atoms with Crippen LogP contribution in [0, 0.1) is 29.6 Å². The van der Waals surface area contributed by atoms with Gasteiger partial charge in [-0.25, -0.2) is 9.97 Å². The van der Waals surface area contributed by atoms with E-state index in [2.05, 4.69) is 35.9 Å². The van der Waals surface area contributed by atoms with Crippen molar-refractivity contribution in [1.82, 2.24) is 19.9 Å². The summed E-state index contributed by atoms with van der Waals surface area (Å²) in [5.41, 5.74) is 3.20. The Balaban J connectivity index is 0.000000151. The van der Waals surface area contributed by atoms with E-state index in [1.165, 1.54) is 12.4 Å². The Hall–Kier alpha value is -2.58. The quantitative estimate of drug-likeness (QED) is 0.384. The molecule has 4 aromatic heterocycles. The predicted octanol–water partition coefficient (Wildman–Crippen LogP) is 5.25. The SMILES string of the molecule is Cc1c[nH]c2ncc(C#N)c(Cl)c12.N#Cc1cnc2[nH]cc(Br)c2c1Cl. The molecule has 0 aliphatic heterocycles. The molecule has 0 saturated carbocycles. The minimum atomic E-state index is 0.384. The second kappa shape index (κ2) is 7.35. The molecule has 4 rings (SSSR count). The van der Waals surface area contributed by atoms with E-state index in [4.69, 9.17) is 33.7 Å². The third-order valence-electron chi connectivity index (χ3n) is 3.67. The molecule has 4 heterocycles. The Morgan fingerprint density at radius 1 is 0.923 bits per heavy atom. The van der Waals surface area contributed by atoms with Crippen molar-refractivity contribution in [3.8, 4) is 12.1 Å². The van der Waals surface area contributed by atoms with Gasteiger partial charge in [-0.15, -0.1) is 0 Å². The topological polar surface area (TPSA) is 105 Å². The lowest BCUT2D eigenvalue weighted by Crippen LogP contribution is -1.83. The Kier molecular flexibility index (Phi) is 5.15. The largest absolute Gasteiger partial charge is 0.346 e. The van der Waals surface area contributed by atoms with Crippen molar-refractivity contribution in [2.24, 2.45) is 0 Å². The van der Waals surface area contributed by atoms with Gasteiger partial charge in [0.25, 0.3) is 0 Å². The number of halogens is 3. The highest BCUT2D eigenvalue weighted by molar-refractivity contribution is 9.10. The molecular weight excluding hydrogens is 439 g/mol. The van der Waals surface area contributed by atoms with Crippen LogP contribution in [0.5, 0.6) is 0 Å². The first kappa shape index (κ1) is 18.2. The smallest absolute Gasteiger partial charge is 0.140 e. The summed E-state index contributed by atoms with van der Waals surface area (Å²) < 4.78 is 0.817. The van der Waals surface area contributed by atoms with Crippen LogP contribution in [0.2, 0.25) is 10.0 Å². The lowest BCUT2D eigenvalue weighted by atomic mass is 10.2. The van der Waals surface area contributed by atoms with Crippen molar-refractivity contribution < 1.29 is 0 Å².